The zero-order valence-corrected chi connectivity index (χ0v) is 18.3. The van der Waals surface area contributed by atoms with Crippen molar-refractivity contribution in [1.29, 1.82) is 0 Å². The molecule has 0 radical (unpaired) electrons. The first-order valence-electron chi connectivity index (χ1n) is 11.1. The summed E-state index contributed by atoms with van der Waals surface area (Å²) in [7, 11) is 0. The van der Waals surface area contributed by atoms with E-state index in [0.717, 1.165) is 30.6 Å². The molecule has 1 N–H and O–H groups in total. The molecule has 2 fully saturated rings. The summed E-state index contributed by atoms with van der Waals surface area (Å²) < 4.78 is 81.4. The van der Waals surface area contributed by atoms with Crippen molar-refractivity contribution in [3.63, 3.8) is 0 Å². The number of carbonyl (C=O) groups excluding carboxylic acids is 1. The Morgan fingerprint density at radius 1 is 0.972 bits per heavy atom. The molecule has 2 aromatic heterocycles. The lowest BCUT2D eigenvalue weighted by Gasteiger charge is -2.48. The van der Waals surface area contributed by atoms with Crippen LogP contribution in [0.2, 0.25) is 0 Å². The van der Waals surface area contributed by atoms with Crippen LogP contribution in [-0.4, -0.2) is 25.7 Å². The number of alkyl halides is 6. The number of benzene rings is 2. The zero-order chi connectivity index (χ0) is 25.4. The molecule has 2 aromatic carbocycles. The Kier molecular flexibility index (Phi) is 4.76. The highest BCUT2D eigenvalue weighted by Gasteiger charge is 2.56. The van der Waals surface area contributed by atoms with Crippen LogP contribution in [0.15, 0.2) is 55.1 Å². The molecular formula is C24H17F6N5O. The molecule has 0 bridgehead atoms. The number of aromatic amines is 1. The molecule has 6 rings (SSSR count). The predicted octanol–water partition coefficient (Wildman–Crippen LogP) is 6.04. The quantitative estimate of drug-likeness (QED) is 0.272. The largest absolute Gasteiger partial charge is 0.504 e. The molecule has 36 heavy (non-hydrogen) atoms. The van der Waals surface area contributed by atoms with Crippen molar-refractivity contribution in [2.24, 2.45) is 11.8 Å². The number of rotatable bonds is 4. The van der Waals surface area contributed by atoms with Crippen LogP contribution < -0.4 is 4.90 Å². The number of hydrogen-bond acceptors (Lipinski definition) is 3. The fraction of sp³-hybridized carbons (Fsp3) is 0.292. The van der Waals surface area contributed by atoms with Crippen LogP contribution in [0, 0.1) is 11.8 Å². The van der Waals surface area contributed by atoms with Crippen LogP contribution in [-0.2, 0) is 17.3 Å². The number of nitrogens with zero attached hydrogens (tertiary/aromatic N) is 4. The van der Waals surface area contributed by atoms with E-state index >= 15 is 0 Å². The van der Waals surface area contributed by atoms with Gasteiger partial charge in [0.15, 0.2) is 0 Å². The topological polar surface area (TPSA) is 66.8 Å². The van der Waals surface area contributed by atoms with Crippen LogP contribution >= 0.6 is 0 Å². The lowest BCUT2D eigenvalue weighted by molar-refractivity contribution is -0.212. The Balaban J connectivity index is 1.45. The third kappa shape index (κ3) is 3.62. The van der Waals surface area contributed by atoms with Gasteiger partial charge in [0.25, 0.3) is 0 Å². The van der Waals surface area contributed by atoms with Crippen LogP contribution in [0.3, 0.4) is 0 Å². The summed E-state index contributed by atoms with van der Waals surface area (Å²) in [6, 6.07) is 7.58. The van der Waals surface area contributed by atoms with Crippen molar-refractivity contribution in [2.75, 3.05) is 4.90 Å². The Bertz CT molecular complexity index is 1480. The van der Waals surface area contributed by atoms with Crippen LogP contribution in [0.25, 0.3) is 22.2 Å². The van der Waals surface area contributed by atoms with Gasteiger partial charge in [-0.2, -0.15) is 23.0 Å². The standard InChI is InChI=1S/C24H17F6N5O/c25-23(26,27)17-7-13(14-9-33-34(10-14)24(28,29)30)3-5-16(17)21-20(12-1-2-12)22(36)35(21)15-4-6-18-19(8-15)32-11-31-18/h3-12,20-21H,1-2H2,(H,31,32)/t20-,21+/m0/s1. The molecule has 1 saturated carbocycles. The zero-order valence-electron chi connectivity index (χ0n) is 18.3. The molecule has 1 aliphatic heterocycles. The van der Waals surface area contributed by atoms with Gasteiger partial charge in [0, 0.05) is 17.4 Å². The number of carbonyl (C=O) groups is 1. The second-order valence-electron chi connectivity index (χ2n) is 9.06. The molecule has 1 aliphatic carbocycles. The number of hydrogen-bond donors (Lipinski definition) is 1. The van der Waals surface area contributed by atoms with E-state index in [0.29, 0.717) is 17.4 Å². The summed E-state index contributed by atoms with van der Waals surface area (Å²) in [6.07, 6.45) is -5.07. The van der Waals surface area contributed by atoms with Gasteiger partial charge in [-0.25, -0.2) is 4.98 Å². The highest BCUT2D eigenvalue weighted by atomic mass is 19.4. The van der Waals surface area contributed by atoms with Gasteiger partial charge in [-0.3, -0.25) is 4.79 Å². The molecule has 2 aliphatic rings. The van der Waals surface area contributed by atoms with E-state index in [-0.39, 0.29) is 33.2 Å². The second kappa shape index (κ2) is 7.58. The number of anilines is 1. The van der Waals surface area contributed by atoms with Crippen molar-refractivity contribution in [3.05, 3.63) is 66.2 Å². The highest BCUT2D eigenvalue weighted by Crippen LogP contribution is 2.56. The van der Waals surface area contributed by atoms with E-state index < -0.39 is 30.0 Å². The normalized spacial score (nSPS) is 20.7. The minimum absolute atomic E-state index is 0.00126. The summed E-state index contributed by atoms with van der Waals surface area (Å²) in [5, 5.41) is 3.22. The molecule has 2 atom stereocenters. The Labute approximate surface area is 199 Å². The van der Waals surface area contributed by atoms with Crippen molar-refractivity contribution in [2.45, 2.75) is 31.4 Å². The van der Waals surface area contributed by atoms with Gasteiger partial charge < -0.3 is 9.88 Å². The molecule has 3 heterocycles. The summed E-state index contributed by atoms with van der Waals surface area (Å²) in [5.41, 5.74) is 0.490. The number of halogens is 6. The third-order valence-corrected chi connectivity index (χ3v) is 6.81. The Morgan fingerprint density at radius 2 is 1.75 bits per heavy atom. The fourth-order valence-corrected chi connectivity index (χ4v) is 4.97. The summed E-state index contributed by atoms with van der Waals surface area (Å²) >= 11 is 0. The van der Waals surface area contributed by atoms with Gasteiger partial charge in [-0.1, -0.05) is 12.1 Å². The van der Waals surface area contributed by atoms with E-state index in [2.05, 4.69) is 15.1 Å². The van der Waals surface area contributed by atoms with Crippen molar-refractivity contribution in [3.8, 4) is 11.1 Å². The van der Waals surface area contributed by atoms with E-state index in [1.807, 2.05) is 0 Å². The number of β-lactam (4-membered cyclic amide) rings is 1. The van der Waals surface area contributed by atoms with E-state index in [1.54, 1.807) is 18.2 Å². The van der Waals surface area contributed by atoms with Crippen molar-refractivity contribution < 1.29 is 31.1 Å². The molecule has 6 nitrogen and oxygen atoms in total. The predicted molar refractivity (Wildman–Crippen MR) is 116 cm³/mol. The summed E-state index contributed by atoms with van der Waals surface area (Å²) in [5.74, 6) is -0.848. The Hall–Kier alpha value is -3.83. The molecule has 1 saturated heterocycles. The highest BCUT2D eigenvalue weighted by molar-refractivity contribution is 6.04. The van der Waals surface area contributed by atoms with Gasteiger partial charge in [-0.05, 0) is 54.2 Å². The van der Waals surface area contributed by atoms with Crippen LogP contribution in [0.4, 0.5) is 32.0 Å². The molecule has 0 spiro atoms. The van der Waals surface area contributed by atoms with Gasteiger partial charge in [0.05, 0.1) is 41.1 Å². The van der Waals surface area contributed by atoms with Gasteiger partial charge in [0.2, 0.25) is 5.91 Å². The maximum absolute atomic E-state index is 14.3. The number of aromatic nitrogens is 4. The average Bonchev–Trinajstić information content (AvgIpc) is 3.30. The van der Waals surface area contributed by atoms with E-state index in [1.165, 1.54) is 23.4 Å². The lowest BCUT2D eigenvalue weighted by atomic mass is 9.76. The first kappa shape index (κ1) is 22.6. The van der Waals surface area contributed by atoms with Crippen molar-refractivity contribution in [1.82, 2.24) is 19.7 Å². The summed E-state index contributed by atoms with van der Waals surface area (Å²) in [4.78, 5) is 21.6. The molecule has 186 valence electrons. The number of H-pyrrole nitrogens is 1. The molecule has 12 heteroatoms. The van der Waals surface area contributed by atoms with Crippen LogP contribution in [0.1, 0.15) is 30.0 Å². The number of fused-ring (bicyclic) bond motifs is 1. The second-order valence-corrected chi connectivity index (χ2v) is 9.06. The minimum Gasteiger partial charge on any atom is -0.345 e. The maximum atomic E-state index is 14.3. The SMILES string of the molecule is O=C1[C@@H](C2CC2)[C@@H](c2ccc(-c3cnn(C(F)(F)F)c3)cc2C(F)(F)F)N1c1ccc2[nH]cnc2c1. The minimum atomic E-state index is -4.80. The van der Waals surface area contributed by atoms with E-state index in [4.69, 9.17) is 0 Å². The smallest absolute Gasteiger partial charge is 0.345 e. The number of amides is 1. The average molecular weight is 505 g/mol. The van der Waals surface area contributed by atoms with Crippen molar-refractivity contribution >= 4 is 22.6 Å². The maximum Gasteiger partial charge on any atom is 0.504 e. The number of imidazole rings is 1. The Morgan fingerprint density at radius 3 is 2.42 bits per heavy atom. The van der Waals surface area contributed by atoms with E-state index in [9.17, 15) is 31.1 Å². The molecular weight excluding hydrogens is 488 g/mol. The molecule has 4 aromatic rings. The first-order chi connectivity index (χ1) is 17.0. The summed E-state index contributed by atoms with van der Waals surface area (Å²) in [6.45, 7) is 0. The van der Waals surface area contributed by atoms with Gasteiger partial charge in [0.1, 0.15) is 0 Å². The molecule has 0 unspecified atom stereocenters. The van der Waals surface area contributed by atoms with Gasteiger partial charge >= 0.3 is 12.5 Å². The monoisotopic (exact) mass is 505 g/mol. The first-order valence-corrected chi connectivity index (χ1v) is 11.1. The van der Waals surface area contributed by atoms with Crippen LogP contribution in [0.5, 0.6) is 0 Å². The number of nitrogens with one attached hydrogen (secondary N) is 1. The fourth-order valence-electron chi connectivity index (χ4n) is 4.97. The lowest BCUT2D eigenvalue weighted by Crippen LogP contribution is -2.56. The van der Waals surface area contributed by atoms with Gasteiger partial charge in [-0.15, -0.1) is 13.2 Å². The third-order valence-electron chi connectivity index (χ3n) is 6.81. The molecule has 1 amide bonds.